The summed E-state index contributed by atoms with van der Waals surface area (Å²) in [5, 5.41) is 8.01. The number of imidazole rings is 1. The highest BCUT2D eigenvalue weighted by atomic mass is 19.1. The van der Waals surface area contributed by atoms with Gasteiger partial charge in [-0.15, -0.1) is 0 Å². The van der Waals surface area contributed by atoms with Gasteiger partial charge in [0.2, 0.25) is 0 Å². The molecule has 4 aromatic heterocycles. The van der Waals surface area contributed by atoms with Crippen molar-refractivity contribution in [3.8, 4) is 16.8 Å². The highest BCUT2D eigenvalue weighted by molar-refractivity contribution is 6.04. The van der Waals surface area contributed by atoms with Gasteiger partial charge in [-0.3, -0.25) is 18.8 Å². The van der Waals surface area contributed by atoms with Crippen LogP contribution in [-0.2, 0) is 14.1 Å². The van der Waals surface area contributed by atoms with Crippen molar-refractivity contribution < 1.29 is 4.39 Å². The zero-order valence-electron chi connectivity index (χ0n) is 18.4. The fraction of sp³-hybridized carbons (Fsp3) is 0.217. The van der Waals surface area contributed by atoms with Crippen molar-refractivity contribution in [1.82, 2.24) is 28.9 Å². The van der Waals surface area contributed by atoms with Crippen LogP contribution < -0.4 is 11.0 Å². The SMILES string of the molecule is CNc1ncc(-c2ccc3ncc4c(c3c2)n(-c2c(C)nn(C)c2C)c(=O)n4C)cc1F. The smallest absolute Gasteiger partial charge is 0.333 e. The van der Waals surface area contributed by atoms with Crippen LogP contribution in [0.15, 0.2) is 41.5 Å². The highest BCUT2D eigenvalue weighted by Crippen LogP contribution is 2.31. The minimum absolute atomic E-state index is 0.176. The molecule has 1 aromatic carbocycles. The maximum absolute atomic E-state index is 14.3. The summed E-state index contributed by atoms with van der Waals surface area (Å²) in [6.07, 6.45) is 3.33. The molecule has 8 nitrogen and oxygen atoms in total. The number of benzene rings is 1. The van der Waals surface area contributed by atoms with Gasteiger partial charge in [0, 0.05) is 38.3 Å². The van der Waals surface area contributed by atoms with Crippen LogP contribution in [0.2, 0.25) is 0 Å². The van der Waals surface area contributed by atoms with Crippen LogP contribution in [0, 0.1) is 19.7 Å². The van der Waals surface area contributed by atoms with E-state index in [1.165, 1.54) is 6.07 Å². The Bertz CT molecular complexity index is 1590. The van der Waals surface area contributed by atoms with Gasteiger partial charge in [0.05, 0.1) is 39.8 Å². The molecule has 0 radical (unpaired) electrons. The summed E-state index contributed by atoms with van der Waals surface area (Å²) in [7, 11) is 5.21. The van der Waals surface area contributed by atoms with E-state index in [2.05, 4.69) is 20.4 Å². The van der Waals surface area contributed by atoms with Crippen LogP contribution in [0.1, 0.15) is 11.4 Å². The third-order valence-corrected chi connectivity index (χ3v) is 5.99. The van der Waals surface area contributed by atoms with Crippen LogP contribution in [0.3, 0.4) is 0 Å². The van der Waals surface area contributed by atoms with E-state index in [1.54, 1.807) is 40.3 Å². The predicted molar refractivity (Wildman–Crippen MR) is 123 cm³/mol. The summed E-state index contributed by atoms with van der Waals surface area (Å²) in [5.41, 5.74) is 5.82. The second-order valence-corrected chi connectivity index (χ2v) is 7.85. The third kappa shape index (κ3) is 2.74. The van der Waals surface area contributed by atoms with Gasteiger partial charge >= 0.3 is 5.69 Å². The molecule has 0 saturated carbocycles. The molecular formula is C23H22FN7O. The standard InChI is InChI=1S/C23H22FN7O/c1-12-20(13(2)30(5)28-12)31-21-16-8-14(15-9-17(24)22(25-3)27-10-15)6-7-18(16)26-11-19(21)29(4)23(31)32/h6-11H,1-5H3,(H,25,27). The Balaban J connectivity index is 1.87. The summed E-state index contributed by atoms with van der Waals surface area (Å²) in [6.45, 7) is 3.83. The molecule has 0 bridgehead atoms. The fourth-order valence-electron chi connectivity index (χ4n) is 4.25. The molecule has 0 fully saturated rings. The van der Waals surface area contributed by atoms with Crippen LogP contribution in [-0.4, -0.2) is 35.9 Å². The summed E-state index contributed by atoms with van der Waals surface area (Å²) < 4.78 is 19.4. The molecule has 1 N–H and O–H groups in total. The number of nitrogens with zero attached hydrogens (tertiary/aromatic N) is 6. The Morgan fingerprint density at radius 3 is 2.47 bits per heavy atom. The molecule has 0 amide bonds. The first kappa shape index (κ1) is 19.9. The van der Waals surface area contributed by atoms with Crippen molar-refractivity contribution in [2.45, 2.75) is 13.8 Å². The first-order chi connectivity index (χ1) is 15.3. The van der Waals surface area contributed by atoms with Crippen LogP contribution in [0.25, 0.3) is 38.8 Å². The van der Waals surface area contributed by atoms with Crippen molar-refractivity contribution in [2.24, 2.45) is 14.1 Å². The molecule has 9 heteroatoms. The molecule has 0 saturated heterocycles. The Morgan fingerprint density at radius 2 is 1.81 bits per heavy atom. The zero-order valence-corrected chi connectivity index (χ0v) is 18.4. The minimum Gasteiger partial charge on any atom is -0.371 e. The number of hydrogen-bond donors (Lipinski definition) is 1. The van der Waals surface area contributed by atoms with Gasteiger partial charge in [-0.2, -0.15) is 5.10 Å². The second kappa shape index (κ2) is 7.01. The molecule has 0 aliphatic carbocycles. The van der Waals surface area contributed by atoms with Crippen LogP contribution >= 0.6 is 0 Å². The molecule has 0 aliphatic rings. The van der Waals surface area contributed by atoms with Gasteiger partial charge in [0.1, 0.15) is 0 Å². The molecule has 0 spiro atoms. The molecule has 0 aliphatic heterocycles. The molecule has 5 rings (SSSR count). The van der Waals surface area contributed by atoms with Crippen molar-refractivity contribution in [3.05, 3.63) is 64.3 Å². The van der Waals surface area contributed by atoms with E-state index in [-0.39, 0.29) is 11.5 Å². The predicted octanol–water partition coefficient (Wildman–Crippen LogP) is 3.47. The van der Waals surface area contributed by atoms with Gasteiger partial charge in [-0.25, -0.2) is 14.2 Å². The van der Waals surface area contributed by atoms with Crippen molar-refractivity contribution in [2.75, 3.05) is 12.4 Å². The molecule has 5 aromatic rings. The highest BCUT2D eigenvalue weighted by Gasteiger charge is 2.21. The third-order valence-electron chi connectivity index (χ3n) is 5.99. The number of aryl methyl sites for hydroxylation is 3. The van der Waals surface area contributed by atoms with E-state index >= 15 is 0 Å². The summed E-state index contributed by atoms with van der Waals surface area (Å²) >= 11 is 0. The van der Waals surface area contributed by atoms with E-state index in [9.17, 15) is 9.18 Å². The molecule has 0 atom stereocenters. The maximum Gasteiger partial charge on any atom is 0.333 e. The monoisotopic (exact) mass is 431 g/mol. The topological polar surface area (TPSA) is 82.6 Å². The lowest BCUT2D eigenvalue weighted by Crippen LogP contribution is -2.21. The first-order valence-electron chi connectivity index (χ1n) is 10.2. The number of pyridine rings is 2. The first-order valence-corrected chi connectivity index (χ1v) is 10.2. The Hall–Kier alpha value is -4.01. The average Bonchev–Trinajstić information content (AvgIpc) is 3.18. The van der Waals surface area contributed by atoms with Crippen LogP contribution in [0.4, 0.5) is 10.2 Å². The van der Waals surface area contributed by atoms with E-state index in [0.29, 0.717) is 11.1 Å². The number of rotatable bonds is 3. The average molecular weight is 431 g/mol. The fourth-order valence-corrected chi connectivity index (χ4v) is 4.25. The molecule has 4 heterocycles. The summed E-state index contributed by atoms with van der Waals surface area (Å²) in [6, 6.07) is 7.12. The zero-order chi connectivity index (χ0) is 22.7. The number of nitrogens with one attached hydrogen (secondary N) is 1. The molecule has 162 valence electrons. The Kier molecular flexibility index (Phi) is 4.37. The van der Waals surface area contributed by atoms with E-state index in [0.717, 1.165) is 39.1 Å². The van der Waals surface area contributed by atoms with E-state index in [1.807, 2.05) is 39.1 Å². The van der Waals surface area contributed by atoms with Crippen molar-refractivity contribution in [3.63, 3.8) is 0 Å². The van der Waals surface area contributed by atoms with Crippen molar-refractivity contribution >= 4 is 27.8 Å². The van der Waals surface area contributed by atoms with Gasteiger partial charge in [0.25, 0.3) is 0 Å². The van der Waals surface area contributed by atoms with Gasteiger partial charge < -0.3 is 5.32 Å². The van der Waals surface area contributed by atoms with Gasteiger partial charge in [-0.05, 0) is 37.6 Å². The number of fused-ring (bicyclic) bond motifs is 3. The minimum atomic E-state index is -0.431. The van der Waals surface area contributed by atoms with E-state index < -0.39 is 5.82 Å². The quantitative estimate of drug-likeness (QED) is 0.473. The van der Waals surface area contributed by atoms with Gasteiger partial charge in [-0.1, -0.05) is 6.07 Å². The number of halogens is 1. The van der Waals surface area contributed by atoms with Gasteiger partial charge in [0.15, 0.2) is 11.6 Å². The normalized spacial score (nSPS) is 11.6. The largest absolute Gasteiger partial charge is 0.371 e. The maximum atomic E-state index is 14.3. The Morgan fingerprint density at radius 1 is 1.03 bits per heavy atom. The lowest BCUT2D eigenvalue weighted by molar-refractivity contribution is 0.626. The summed E-state index contributed by atoms with van der Waals surface area (Å²) in [5.74, 6) is -0.238. The molecule has 0 unspecified atom stereocenters. The second-order valence-electron chi connectivity index (χ2n) is 7.85. The van der Waals surface area contributed by atoms with E-state index in [4.69, 9.17) is 0 Å². The number of anilines is 1. The summed E-state index contributed by atoms with van der Waals surface area (Å²) in [4.78, 5) is 22.0. The Labute approximate surface area is 183 Å². The number of hydrogen-bond acceptors (Lipinski definition) is 5. The molecule has 32 heavy (non-hydrogen) atoms. The van der Waals surface area contributed by atoms with Crippen LogP contribution in [0.5, 0.6) is 0 Å². The number of aromatic nitrogens is 6. The van der Waals surface area contributed by atoms with Crippen molar-refractivity contribution in [1.29, 1.82) is 0 Å². The lowest BCUT2D eigenvalue weighted by Gasteiger charge is -2.09. The molecular weight excluding hydrogens is 409 g/mol. The lowest BCUT2D eigenvalue weighted by atomic mass is 10.0.